The van der Waals surface area contributed by atoms with Crippen LogP contribution < -0.4 is 11.1 Å². The minimum absolute atomic E-state index is 0.0830. The van der Waals surface area contributed by atoms with Gasteiger partial charge in [0.2, 0.25) is 15.9 Å². The Labute approximate surface area is 124 Å². The van der Waals surface area contributed by atoms with E-state index >= 15 is 0 Å². The van der Waals surface area contributed by atoms with E-state index in [1.807, 2.05) is 0 Å². The SMILES string of the molecule is CCN(CC(=O)NC(C)C)S(=O)(=O)c1ccc(F)c(N)c1. The third kappa shape index (κ3) is 4.40. The van der Waals surface area contributed by atoms with Crippen LogP contribution in [0, 0.1) is 5.82 Å². The van der Waals surface area contributed by atoms with Crippen molar-refractivity contribution in [2.24, 2.45) is 0 Å². The van der Waals surface area contributed by atoms with E-state index in [1.54, 1.807) is 20.8 Å². The van der Waals surface area contributed by atoms with Crippen LogP contribution in [0.3, 0.4) is 0 Å². The Kier molecular flexibility index (Phi) is 5.68. The maximum absolute atomic E-state index is 13.1. The maximum Gasteiger partial charge on any atom is 0.243 e. The fraction of sp³-hybridized carbons (Fsp3) is 0.462. The molecule has 3 N–H and O–H groups in total. The topological polar surface area (TPSA) is 92.5 Å². The lowest BCUT2D eigenvalue weighted by atomic mass is 10.3. The van der Waals surface area contributed by atoms with Crippen LogP contribution in [0.25, 0.3) is 0 Å². The van der Waals surface area contributed by atoms with E-state index in [0.29, 0.717) is 0 Å². The van der Waals surface area contributed by atoms with Crippen LogP contribution in [-0.4, -0.2) is 37.8 Å². The molecule has 118 valence electrons. The highest BCUT2D eigenvalue weighted by Crippen LogP contribution is 2.20. The molecule has 8 heteroatoms. The zero-order valence-corrected chi connectivity index (χ0v) is 13.1. The summed E-state index contributed by atoms with van der Waals surface area (Å²) in [6.45, 7) is 5.00. The predicted molar refractivity (Wildman–Crippen MR) is 78.5 cm³/mol. The monoisotopic (exact) mass is 317 g/mol. The van der Waals surface area contributed by atoms with Gasteiger partial charge in [-0.3, -0.25) is 4.79 Å². The molecule has 1 amide bonds. The van der Waals surface area contributed by atoms with Crippen LogP contribution in [0.2, 0.25) is 0 Å². The summed E-state index contributed by atoms with van der Waals surface area (Å²) in [5, 5.41) is 2.62. The molecule has 0 aromatic heterocycles. The number of halogens is 1. The number of hydrogen-bond acceptors (Lipinski definition) is 4. The second-order valence-electron chi connectivity index (χ2n) is 4.84. The van der Waals surface area contributed by atoms with Gasteiger partial charge in [-0.05, 0) is 32.0 Å². The summed E-state index contributed by atoms with van der Waals surface area (Å²) in [6, 6.07) is 3.09. The van der Waals surface area contributed by atoms with Gasteiger partial charge in [-0.1, -0.05) is 6.92 Å². The van der Waals surface area contributed by atoms with Crippen molar-refractivity contribution in [3.63, 3.8) is 0 Å². The zero-order chi connectivity index (χ0) is 16.2. The van der Waals surface area contributed by atoms with Crippen molar-refractivity contribution < 1.29 is 17.6 Å². The van der Waals surface area contributed by atoms with Crippen molar-refractivity contribution in [3.05, 3.63) is 24.0 Å². The lowest BCUT2D eigenvalue weighted by Crippen LogP contribution is -2.42. The van der Waals surface area contributed by atoms with Crippen LogP contribution in [0.1, 0.15) is 20.8 Å². The molecule has 0 heterocycles. The smallest absolute Gasteiger partial charge is 0.243 e. The molecule has 0 bridgehead atoms. The molecule has 0 unspecified atom stereocenters. The summed E-state index contributed by atoms with van der Waals surface area (Å²) in [4.78, 5) is 11.6. The third-order valence-electron chi connectivity index (χ3n) is 2.73. The summed E-state index contributed by atoms with van der Waals surface area (Å²) < 4.78 is 39.0. The molecule has 0 saturated heterocycles. The molecule has 0 atom stereocenters. The molecule has 0 saturated carbocycles. The quantitative estimate of drug-likeness (QED) is 0.764. The Balaban J connectivity index is 3.02. The number of amides is 1. The van der Waals surface area contributed by atoms with Crippen LogP contribution in [0.4, 0.5) is 10.1 Å². The second-order valence-corrected chi connectivity index (χ2v) is 6.77. The molecule has 6 nitrogen and oxygen atoms in total. The molecule has 0 radical (unpaired) electrons. The van der Waals surface area contributed by atoms with Crippen molar-refractivity contribution in [2.45, 2.75) is 31.7 Å². The number of sulfonamides is 1. The number of nitrogens with one attached hydrogen (secondary N) is 1. The Morgan fingerprint density at radius 3 is 2.52 bits per heavy atom. The van der Waals surface area contributed by atoms with Gasteiger partial charge in [-0.15, -0.1) is 0 Å². The van der Waals surface area contributed by atoms with Gasteiger partial charge in [-0.25, -0.2) is 12.8 Å². The maximum atomic E-state index is 13.1. The summed E-state index contributed by atoms with van der Waals surface area (Å²) in [5.74, 6) is -1.08. The van der Waals surface area contributed by atoms with E-state index < -0.39 is 21.7 Å². The van der Waals surface area contributed by atoms with Gasteiger partial charge in [0.15, 0.2) is 0 Å². The van der Waals surface area contributed by atoms with E-state index in [4.69, 9.17) is 5.73 Å². The van der Waals surface area contributed by atoms with E-state index in [-0.39, 0.29) is 29.7 Å². The Morgan fingerprint density at radius 2 is 2.05 bits per heavy atom. The Bertz CT molecular complexity index is 617. The lowest BCUT2D eigenvalue weighted by molar-refractivity contribution is -0.121. The van der Waals surface area contributed by atoms with Crippen molar-refractivity contribution in [3.8, 4) is 0 Å². The van der Waals surface area contributed by atoms with Crippen LogP contribution in [0.5, 0.6) is 0 Å². The van der Waals surface area contributed by atoms with Crippen molar-refractivity contribution in [1.82, 2.24) is 9.62 Å². The highest BCUT2D eigenvalue weighted by molar-refractivity contribution is 7.89. The first kappa shape index (κ1) is 17.4. The normalized spacial score (nSPS) is 11.9. The van der Waals surface area contributed by atoms with Crippen LogP contribution in [0.15, 0.2) is 23.1 Å². The molecule has 1 rings (SSSR count). The van der Waals surface area contributed by atoms with Gasteiger partial charge in [-0.2, -0.15) is 4.31 Å². The number of benzene rings is 1. The Hall–Kier alpha value is -1.67. The average Bonchev–Trinajstić information content (AvgIpc) is 2.37. The number of carbonyl (C=O) groups excluding carboxylic acids is 1. The van der Waals surface area contributed by atoms with Crippen LogP contribution >= 0.6 is 0 Å². The molecule has 0 fully saturated rings. The number of nitrogens with zero attached hydrogens (tertiary/aromatic N) is 1. The number of likely N-dealkylation sites (N-methyl/N-ethyl adjacent to an activating group) is 1. The van der Waals surface area contributed by atoms with Crippen molar-refractivity contribution >= 4 is 21.6 Å². The number of nitrogen functional groups attached to an aromatic ring is 1. The number of anilines is 1. The number of hydrogen-bond donors (Lipinski definition) is 2. The minimum Gasteiger partial charge on any atom is -0.396 e. The number of rotatable bonds is 6. The average molecular weight is 317 g/mol. The first-order valence-electron chi connectivity index (χ1n) is 6.53. The van der Waals surface area contributed by atoms with Gasteiger partial charge in [0.05, 0.1) is 17.1 Å². The second kappa shape index (κ2) is 6.86. The molecular weight excluding hydrogens is 297 g/mol. The first-order valence-corrected chi connectivity index (χ1v) is 7.97. The van der Waals surface area contributed by atoms with Gasteiger partial charge in [0.25, 0.3) is 0 Å². The number of carbonyl (C=O) groups is 1. The van der Waals surface area contributed by atoms with Crippen LogP contribution in [-0.2, 0) is 14.8 Å². The van der Waals surface area contributed by atoms with Gasteiger partial charge >= 0.3 is 0 Å². The summed E-state index contributed by atoms with van der Waals surface area (Å²) in [5.41, 5.74) is 5.14. The van der Waals surface area contributed by atoms with Crippen molar-refractivity contribution in [2.75, 3.05) is 18.8 Å². The molecule has 1 aromatic rings. The fourth-order valence-electron chi connectivity index (χ4n) is 1.73. The summed E-state index contributed by atoms with van der Waals surface area (Å²) >= 11 is 0. The first-order chi connectivity index (χ1) is 9.68. The Morgan fingerprint density at radius 1 is 1.43 bits per heavy atom. The summed E-state index contributed by atoms with van der Waals surface area (Å²) in [7, 11) is -3.90. The fourth-order valence-corrected chi connectivity index (χ4v) is 3.17. The van der Waals surface area contributed by atoms with E-state index in [0.717, 1.165) is 22.5 Å². The van der Waals surface area contributed by atoms with E-state index in [2.05, 4.69) is 5.32 Å². The zero-order valence-electron chi connectivity index (χ0n) is 12.3. The molecule has 0 aliphatic carbocycles. The van der Waals surface area contributed by atoms with Gasteiger partial charge < -0.3 is 11.1 Å². The molecular formula is C13H20FN3O3S. The minimum atomic E-state index is -3.90. The summed E-state index contributed by atoms with van der Waals surface area (Å²) in [6.07, 6.45) is 0. The standard InChI is InChI=1S/C13H20FN3O3S/c1-4-17(8-13(18)16-9(2)3)21(19,20)10-5-6-11(14)12(15)7-10/h5-7,9H,4,8,15H2,1-3H3,(H,16,18). The third-order valence-corrected chi connectivity index (χ3v) is 4.64. The molecule has 21 heavy (non-hydrogen) atoms. The van der Waals surface area contributed by atoms with E-state index in [9.17, 15) is 17.6 Å². The molecule has 1 aromatic carbocycles. The lowest BCUT2D eigenvalue weighted by Gasteiger charge is -2.21. The molecule has 0 spiro atoms. The largest absolute Gasteiger partial charge is 0.396 e. The van der Waals surface area contributed by atoms with Crippen molar-refractivity contribution in [1.29, 1.82) is 0 Å². The van der Waals surface area contributed by atoms with Gasteiger partial charge in [0, 0.05) is 12.6 Å². The highest BCUT2D eigenvalue weighted by atomic mass is 32.2. The molecule has 0 aliphatic rings. The van der Waals surface area contributed by atoms with E-state index in [1.165, 1.54) is 0 Å². The predicted octanol–water partition coefficient (Wildman–Crippen LogP) is 0.943. The number of nitrogens with two attached hydrogens (primary N) is 1. The van der Waals surface area contributed by atoms with Gasteiger partial charge in [0.1, 0.15) is 5.82 Å². The highest BCUT2D eigenvalue weighted by Gasteiger charge is 2.26. The molecule has 0 aliphatic heterocycles.